The van der Waals surface area contributed by atoms with Crippen molar-refractivity contribution in [2.75, 3.05) is 33.3 Å². The van der Waals surface area contributed by atoms with Gasteiger partial charge in [0.15, 0.2) is 0 Å². The Morgan fingerprint density at radius 3 is 3.10 bits per heavy atom. The SMILES string of the molecule is CNC(CCN1CCCOC(C)C1)c1cccc(Br)c1. The molecule has 1 heterocycles. The molecule has 4 heteroatoms. The summed E-state index contributed by atoms with van der Waals surface area (Å²) in [5.41, 5.74) is 1.35. The molecule has 0 radical (unpaired) electrons. The summed E-state index contributed by atoms with van der Waals surface area (Å²) in [5, 5.41) is 3.43. The van der Waals surface area contributed by atoms with E-state index in [-0.39, 0.29) is 0 Å². The molecule has 0 amide bonds. The number of nitrogens with zero attached hydrogens (tertiary/aromatic N) is 1. The molecule has 0 bridgehead atoms. The van der Waals surface area contributed by atoms with E-state index in [1.807, 2.05) is 7.05 Å². The lowest BCUT2D eigenvalue weighted by Gasteiger charge is -2.25. The Bertz CT molecular complexity index is 413. The Balaban J connectivity index is 1.90. The molecular weight excluding hydrogens is 316 g/mol. The van der Waals surface area contributed by atoms with Crippen LogP contribution in [0.1, 0.15) is 31.4 Å². The quantitative estimate of drug-likeness (QED) is 0.890. The van der Waals surface area contributed by atoms with Gasteiger partial charge >= 0.3 is 0 Å². The zero-order valence-corrected chi connectivity index (χ0v) is 14.0. The van der Waals surface area contributed by atoms with Gasteiger partial charge in [0.2, 0.25) is 0 Å². The van der Waals surface area contributed by atoms with Gasteiger partial charge in [-0.05, 0) is 44.5 Å². The van der Waals surface area contributed by atoms with E-state index >= 15 is 0 Å². The summed E-state index contributed by atoms with van der Waals surface area (Å²) in [7, 11) is 2.04. The van der Waals surface area contributed by atoms with Crippen molar-refractivity contribution < 1.29 is 4.74 Å². The van der Waals surface area contributed by atoms with E-state index in [9.17, 15) is 0 Å². The standard InChI is InChI=1S/C16H25BrN2O/c1-13-12-19(8-4-10-20-13)9-7-16(18-2)14-5-3-6-15(17)11-14/h3,5-6,11,13,16,18H,4,7-10,12H2,1-2H3. The van der Waals surface area contributed by atoms with Gasteiger partial charge in [-0.2, -0.15) is 0 Å². The average Bonchev–Trinajstić information content (AvgIpc) is 2.64. The molecule has 20 heavy (non-hydrogen) atoms. The normalized spacial score (nSPS) is 22.4. The highest BCUT2D eigenvalue weighted by atomic mass is 79.9. The first-order valence-electron chi connectivity index (χ1n) is 7.45. The first kappa shape index (κ1) is 16.0. The molecule has 2 rings (SSSR count). The molecule has 1 saturated heterocycles. The Morgan fingerprint density at radius 2 is 2.35 bits per heavy atom. The van der Waals surface area contributed by atoms with Gasteiger partial charge in [-0.15, -0.1) is 0 Å². The van der Waals surface area contributed by atoms with Crippen LogP contribution in [-0.4, -0.2) is 44.3 Å². The third-order valence-corrected chi connectivity index (χ3v) is 4.36. The highest BCUT2D eigenvalue weighted by Crippen LogP contribution is 2.21. The highest BCUT2D eigenvalue weighted by molar-refractivity contribution is 9.10. The van der Waals surface area contributed by atoms with Crippen LogP contribution in [0.3, 0.4) is 0 Å². The molecule has 1 N–H and O–H groups in total. The summed E-state index contributed by atoms with van der Waals surface area (Å²) in [6.45, 7) is 6.39. The molecule has 2 atom stereocenters. The molecule has 0 aromatic heterocycles. The van der Waals surface area contributed by atoms with Crippen LogP contribution in [0, 0.1) is 0 Å². The summed E-state index contributed by atoms with van der Waals surface area (Å²) >= 11 is 3.55. The number of ether oxygens (including phenoxy) is 1. The minimum absolute atomic E-state index is 0.358. The van der Waals surface area contributed by atoms with E-state index in [1.54, 1.807) is 0 Å². The highest BCUT2D eigenvalue weighted by Gasteiger charge is 2.17. The van der Waals surface area contributed by atoms with E-state index in [1.165, 1.54) is 5.56 Å². The van der Waals surface area contributed by atoms with E-state index in [0.29, 0.717) is 12.1 Å². The van der Waals surface area contributed by atoms with Crippen molar-refractivity contribution in [2.24, 2.45) is 0 Å². The topological polar surface area (TPSA) is 24.5 Å². The zero-order chi connectivity index (χ0) is 14.4. The van der Waals surface area contributed by atoms with Gasteiger partial charge in [-0.1, -0.05) is 28.1 Å². The molecule has 3 nitrogen and oxygen atoms in total. The third-order valence-electron chi connectivity index (χ3n) is 3.87. The number of hydrogen-bond acceptors (Lipinski definition) is 3. The zero-order valence-electron chi connectivity index (χ0n) is 12.4. The second-order valence-electron chi connectivity index (χ2n) is 5.52. The molecule has 1 aliphatic heterocycles. The molecule has 1 aliphatic rings. The molecule has 0 saturated carbocycles. The molecule has 112 valence electrons. The van der Waals surface area contributed by atoms with Gasteiger partial charge in [-0.3, -0.25) is 0 Å². The largest absolute Gasteiger partial charge is 0.377 e. The van der Waals surface area contributed by atoms with Crippen molar-refractivity contribution in [3.8, 4) is 0 Å². The van der Waals surface area contributed by atoms with Crippen LogP contribution >= 0.6 is 15.9 Å². The summed E-state index contributed by atoms with van der Waals surface area (Å²) in [4.78, 5) is 2.53. The molecule has 0 aliphatic carbocycles. The first-order valence-corrected chi connectivity index (χ1v) is 8.25. The molecule has 0 spiro atoms. The van der Waals surface area contributed by atoms with Crippen LogP contribution in [0.5, 0.6) is 0 Å². The lowest BCUT2D eigenvalue weighted by molar-refractivity contribution is 0.0672. The van der Waals surface area contributed by atoms with Crippen LogP contribution in [0.15, 0.2) is 28.7 Å². The molecule has 1 aromatic carbocycles. The summed E-state index contributed by atoms with van der Waals surface area (Å²) in [6.07, 6.45) is 2.63. The number of rotatable bonds is 5. The maximum Gasteiger partial charge on any atom is 0.0673 e. The van der Waals surface area contributed by atoms with Gasteiger partial charge in [0, 0.05) is 36.8 Å². The monoisotopic (exact) mass is 340 g/mol. The third kappa shape index (κ3) is 4.85. The van der Waals surface area contributed by atoms with E-state index < -0.39 is 0 Å². The van der Waals surface area contributed by atoms with Gasteiger partial charge in [0.1, 0.15) is 0 Å². The van der Waals surface area contributed by atoms with Crippen molar-refractivity contribution in [3.05, 3.63) is 34.3 Å². The Hall–Kier alpha value is -0.420. The summed E-state index contributed by atoms with van der Waals surface area (Å²) in [5.74, 6) is 0. The van der Waals surface area contributed by atoms with Crippen molar-refractivity contribution in [3.63, 3.8) is 0 Å². The fourth-order valence-corrected chi connectivity index (χ4v) is 3.21. The van der Waals surface area contributed by atoms with Crippen LogP contribution in [0.2, 0.25) is 0 Å². The molecule has 1 fully saturated rings. The fraction of sp³-hybridized carbons (Fsp3) is 0.625. The number of nitrogens with one attached hydrogen (secondary N) is 1. The van der Waals surface area contributed by atoms with Crippen LogP contribution in [-0.2, 0) is 4.74 Å². The smallest absolute Gasteiger partial charge is 0.0673 e. The molecular formula is C16H25BrN2O. The predicted molar refractivity (Wildman–Crippen MR) is 87.0 cm³/mol. The molecule has 1 aromatic rings. The minimum Gasteiger partial charge on any atom is -0.377 e. The lowest BCUT2D eigenvalue weighted by atomic mass is 10.0. The van der Waals surface area contributed by atoms with Crippen molar-refractivity contribution in [2.45, 2.75) is 31.9 Å². The minimum atomic E-state index is 0.358. The molecule has 2 unspecified atom stereocenters. The van der Waals surface area contributed by atoms with Gasteiger partial charge in [0.05, 0.1) is 6.10 Å². The van der Waals surface area contributed by atoms with Crippen molar-refractivity contribution in [1.82, 2.24) is 10.2 Å². The number of benzene rings is 1. The van der Waals surface area contributed by atoms with Crippen molar-refractivity contribution in [1.29, 1.82) is 0 Å². The Kier molecular flexibility index (Phi) is 6.49. The maximum absolute atomic E-state index is 5.70. The van der Waals surface area contributed by atoms with Gasteiger partial charge in [-0.25, -0.2) is 0 Å². The first-order chi connectivity index (χ1) is 9.69. The van der Waals surface area contributed by atoms with Crippen molar-refractivity contribution >= 4 is 15.9 Å². The van der Waals surface area contributed by atoms with Gasteiger partial charge in [0.25, 0.3) is 0 Å². The van der Waals surface area contributed by atoms with E-state index in [4.69, 9.17) is 4.74 Å². The second-order valence-corrected chi connectivity index (χ2v) is 6.44. The van der Waals surface area contributed by atoms with Crippen LogP contribution in [0.25, 0.3) is 0 Å². The number of hydrogen-bond donors (Lipinski definition) is 1. The Morgan fingerprint density at radius 1 is 1.50 bits per heavy atom. The van der Waals surface area contributed by atoms with Gasteiger partial charge < -0.3 is 15.0 Å². The predicted octanol–water partition coefficient (Wildman–Crippen LogP) is 3.21. The van der Waals surface area contributed by atoms with E-state index in [0.717, 1.165) is 43.6 Å². The average molecular weight is 341 g/mol. The lowest BCUT2D eigenvalue weighted by Crippen LogP contribution is -2.33. The Labute approximate surface area is 130 Å². The second kappa shape index (κ2) is 8.13. The fourth-order valence-electron chi connectivity index (χ4n) is 2.80. The van der Waals surface area contributed by atoms with Crippen LogP contribution in [0.4, 0.5) is 0 Å². The maximum atomic E-state index is 5.70. The van der Waals surface area contributed by atoms with E-state index in [2.05, 4.69) is 57.3 Å². The summed E-state index contributed by atoms with van der Waals surface area (Å²) in [6, 6.07) is 8.98. The number of halogens is 1. The summed E-state index contributed by atoms with van der Waals surface area (Å²) < 4.78 is 6.85. The van der Waals surface area contributed by atoms with Crippen LogP contribution < -0.4 is 5.32 Å².